The van der Waals surface area contributed by atoms with Gasteiger partial charge < -0.3 is 0 Å². The van der Waals surface area contributed by atoms with Crippen LogP contribution in [0.1, 0.15) is 64.2 Å². The van der Waals surface area contributed by atoms with Gasteiger partial charge in [0.1, 0.15) is 129 Å². The molecule has 1 aliphatic carbocycles. The molecule has 0 saturated carbocycles. The highest BCUT2D eigenvalue weighted by Crippen LogP contribution is 2.58. The molecule has 0 N–H and O–H groups in total. The average Bonchev–Trinajstić information content (AvgIpc) is 3.80. The van der Waals surface area contributed by atoms with E-state index in [2.05, 4.69) is 31.2 Å². The zero-order valence-electron chi connectivity index (χ0n) is 41.3. The lowest BCUT2D eigenvalue weighted by Crippen LogP contribution is -2.56. The fraction of sp³-hybridized carbons (Fsp3) is 0.0909. The molecule has 0 unspecified atom stereocenters. The van der Waals surface area contributed by atoms with E-state index < -0.39 is 10.8 Å². The van der Waals surface area contributed by atoms with Gasteiger partial charge in [-0.2, -0.15) is 0 Å². The number of allylic oxidation sites excluding steroid dienone is 2. The van der Waals surface area contributed by atoms with Crippen LogP contribution in [0.15, 0.2) is 119 Å². The van der Waals surface area contributed by atoms with Crippen molar-refractivity contribution in [3.8, 4) is 22.8 Å². The SMILES string of the molecule is [B]c1c([B])c([B])c(/C(C)=C2/C(=NC(=C)C3(c4ccccc4C)c4ccccc4C(C)(c4nc(-c5c([B])c([B])c([B])c([B])c5[B])nc(-c5c([B])c([B])c([B])c([B])c5[B])n4)c4ccccc43)Sc3ccccc32)c([B])c1[B]. The fourth-order valence-corrected chi connectivity index (χ4v) is 12.0. The van der Waals surface area contributed by atoms with Crippen LogP contribution in [0.3, 0.4) is 0 Å². The number of benzene rings is 7. The van der Waals surface area contributed by atoms with Crippen molar-refractivity contribution in [1.82, 2.24) is 15.0 Å². The highest BCUT2D eigenvalue weighted by atomic mass is 32.2. The number of aliphatic imine (C=N–C) groups is 1. The molecule has 0 amide bonds. The third kappa shape index (κ3) is 7.72. The molecule has 75 heavy (non-hydrogen) atoms. The first-order valence-corrected chi connectivity index (χ1v) is 24.3. The molecule has 0 bridgehead atoms. The van der Waals surface area contributed by atoms with Gasteiger partial charge in [-0.15, -0.1) is 49.2 Å². The Kier molecular flexibility index (Phi) is 13.5. The summed E-state index contributed by atoms with van der Waals surface area (Å²) in [6.45, 7) is 11.0. The molecule has 0 saturated heterocycles. The lowest BCUT2D eigenvalue weighted by molar-refractivity contribution is 0.553. The van der Waals surface area contributed by atoms with E-state index in [9.17, 15) is 0 Å². The highest BCUT2D eigenvalue weighted by molar-refractivity contribution is 8.15. The maximum absolute atomic E-state index is 6.75. The van der Waals surface area contributed by atoms with Crippen LogP contribution in [0.4, 0.5) is 0 Å². The molecule has 0 atom stereocenters. The van der Waals surface area contributed by atoms with Gasteiger partial charge >= 0.3 is 0 Å². The van der Waals surface area contributed by atoms with Crippen LogP contribution in [0.25, 0.3) is 33.9 Å². The number of nitrogens with zero attached hydrogens (tertiary/aromatic N) is 4. The first kappa shape index (κ1) is 52.5. The summed E-state index contributed by atoms with van der Waals surface area (Å²) < 4.78 is 0. The van der Waals surface area contributed by atoms with Crippen molar-refractivity contribution < 1.29 is 0 Å². The molecule has 1 aromatic heterocycles. The summed E-state index contributed by atoms with van der Waals surface area (Å²) in [6, 6.07) is 32.2. The van der Waals surface area contributed by atoms with Crippen LogP contribution in [-0.2, 0) is 10.8 Å². The maximum atomic E-state index is 6.75. The number of thioether (sulfide) groups is 1. The third-order valence-electron chi connectivity index (χ3n) is 14.9. The van der Waals surface area contributed by atoms with Gasteiger partial charge in [0.05, 0.1) is 16.5 Å². The van der Waals surface area contributed by atoms with Crippen molar-refractivity contribution >= 4 is 228 Å². The molecule has 0 spiro atoms. The molecule has 4 nitrogen and oxygen atoms in total. The number of rotatable bonds is 7. The van der Waals surface area contributed by atoms with Crippen LogP contribution >= 0.6 is 11.8 Å². The zero-order valence-corrected chi connectivity index (χ0v) is 42.1. The van der Waals surface area contributed by atoms with Crippen molar-refractivity contribution in [3.05, 3.63) is 160 Å². The summed E-state index contributed by atoms with van der Waals surface area (Å²) in [5, 5.41) is 0.629. The first-order valence-electron chi connectivity index (χ1n) is 23.4. The molecule has 8 aromatic rings. The quantitative estimate of drug-likeness (QED) is 0.151. The van der Waals surface area contributed by atoms with Crippen LogP contribution in [0.5, 0.6) is 0 Å². The van der Waals surface area contributed by atoms with E-state index in [-0.39, 0.29) is 111 Å². The summed E-state index contributed by atoms with van der Waals surface area (Å²) >= 11 is 1.49. The number of hydrogen-bond donors (Lipinski definition) is 0. The van der Waals surface area contributed by atoms with Gasteiger partial charge in [0, 0.05) is 21.6 Å². The van der Waals surface area contributed by atoms with E-state index in [1.54, 1.807) is 0 Å². The molecule has 318 valence electrons. The van der Waals surface area contributed by atoms with Crippen LogP contribution in [0, 0.1) is 6.92 Å². The smallest absolute Gasteiger partial charge is 0.162 e. The van der Waals surface area contributed by atoms with Crippen LogP contribution in [-0.4, -0.2) is 138 Å². The predicted molar refractivity (Wildman–Crippen MR) is 329 cm³/mol. The number of aryl methyl sites for hydroxylation is 1. The van der Waals surface area contributed by atoms with Gasteiger partial charge in [0.15, 0.2) is 11.6 Å². The second-order valence-electron chi connectivity index (χ2n) is 18.9. The lowest BCUT2D eigenvalue weighted by Gasteiger charge is -2.48. The number of hydrogen-bond acceptors (Lipinski definition) is 5. The summed E-state index contributed by atoms with van der Waals surface area (Å²) in [4.78, 5) is 22.0. The van der Waals surface area contributed by atoms with Crippen molar-refractivity contribution in [2.45, 2.75) is 36.5 Å². The second kappa shape index (κ2) is 19.2. The Morgan fingerprint density at radius 3 is 1.29 bits per heavy atom. The van der Waals surface area contributed by atoms with Crippen LogP contribution < -0.4 is 81.9 Å². The van der Waals surface area contributed by atoms with Gasteiger partial charge in [-0.1, -0.05) is 142 Å². The van der Waals surface area contributed by atoms with Crippen molar-refractivity contribution in [2.24, 2.45) is 4.99 Å². The number of aromatic nitrogens is 3. The maximum Gasteiger partial charge on any atom is 0.162 e. The number of fused-ring (bicyclic) bond motifs is 3. The largest absolute Gasteiger partial charge is 0.244 e. The van der Waals surface area contributed by atoms with Gasteiger partial charge in [-0.05, 0) is 76.9 Å². The summed E-state index contributed by atoms with van der Waals surface area (Å²) in [5.41, 5.74) is 6.70. The minimum atomic E-state index is -1.26. The van der Waals surface area contributed by atoms with E-state index >= 15 is 0 Å². The molecule has 20 heteroatoms. The van der Waals surface area contributed by atoms with E-state index in [1.807, 2.05) is 86.6 Å². The van der Waals surface area contributed by atoms with Crippen molar-refractivity contribution in [1.29, 1.82) is 0 Å². The molecule has 7 aromatic carbocycles. The Hall–Kier alpha value is -5.98. The first-order chi connectivity index (χ1) is 35.6. The highest BCUT2D eigenvalue weighted by Gasteiger charge is 2.54. The topological polar surface area (TPSA) is 51.0 Å². The minimum Gasteiger partial charge on any atom is -0.244 e. The van der Waals surface area contributed by atoms with E-state index in [0.29, 0.717) is 21.9 Å². The molecule has 1 aliphatic heterocycles. The predicted octanol–water partition coefficient (Wildman–Crippen LogP) is -4.93. The van der Waals surface area contributed by atoms with E-state index in [0.717, 1.165) is 49.4 Å². The molecule has 2 heterocycles. The zero-order chi connectivity index (χ0) is 53.9. The Bertz CT molecular complexity index is 3690. The Morgan fingerprint density at radius 1 is 0.467 bits per heavy atom. The minimum absolute atomic E-state index is 0.000152. The lowest BCUT2D eigenvalue weighted by atomic mass is 9.54. The molecular formula is C55H27B15N4S. The fourth-order valence-electron chi connectivity index (χ4n) is 10.8. The third-order valence-corrected chi connectivity index (χ3v) is 16.0. The summed E-state index contributed by atoms with van der Waals surface area (Å²) in [7, 11) is 98.2. The Morgan fingerprint density at radius 2 is 0.840 bits per heavy atom. The Balaban J connectivity index is 1.30. The summed E-state index contributed by atoms with van der Waals surface area (Å²) in [6.07, 6.45) is 0. The van der Waals surface area contributed by atoms with Crippen LogP contribution in [0.2, 0.25) is 0 Å². The van der Waals surface area contributed by atoms with E-state index in [1.165, 1.54) is 11.8 Å². The molecule has 30 radical (unpaired) electrons. The second-order valence-corrected chi connectivity index (χ2v) is 19.9. The van der Waals surface area contributed by atoms with Gasteiger partial charge in [0.25, 0.3) is 0 Å². The average molecular weight is 938 g/mol. The molecule has 10 rings (SSSR count). The normalized spacial score (nSPS) is 17.8. The monoisotopic (exact) mass is 940 g/mol. The van der Waals surface area contributed by atoms with E-state index in [4.69, 9.17) is 144 Å². The molecular weight excluding hydrogens is 911 g/mol. The molecule has 2 aliphatic rings. The standard InChI is InChI=1S/C55H27B15N4S/c1-21-13-5-7-15-25(21)55(23(3)71-52-31(24-14-6-12-20-30(24)75-52)22(2)32-35(56)41(62)47(68)42(63)36(32)57)28-18-10-8-16-26(28)54(4,27-17-9-11-19-29(27)55)53-73-50(33-37(58)43(64)48(69)44(65)38(33)59)72-51(74-53)34-39(60)45(66)49(70)46(67)40(34)61/h5-20H,3H2,1-2,4H3/b31-22+,71-52?. The van der Waals surface area contributed by atoms with Gasteiger partial charge in [-0.3, -0.25) is 0 Å². The molecule has 0 fully saturated rings. The van der Waals surface area contributed by atoms with Gasteiger partial charge in [0.2, 0.25) is 0 Å². The Labute approximate surface area is 463 Å². The summed E-state index contributed by atoms with van der Waals surface area (Å²) in [5.74, 6) is 0.146. The van der Waals surface area contributed by atoms with Gasteiger partial charge in [-0.25, -0.2) is 19.9 Å². The van der Waals surface area contributed by atoms with Crippen molar-refractivity contribution in [3.63, 3.8) is 0 Å². The van der Waals surface area contributed by atoms with Crippen molar-refractivity contribution in [2.75, 3.05) is 0 Å².